The molecule has 0 saturated carbocycles. The highest BCUT2D eigenvalue weighted by Crippen LogP contribution is 2.20. The molecule has 2 aromatic heterocycles. The third-order valence-corrected chi connectivity index (χ3v) is 2.27. The molecule has 0 unspecified atom stereocenters. The average Bonchev–Trinajstić information content (AvgIpc) is 2.95. The quantitative estimate of drug-likeness (QED) is 0.596. The third kappa shape index (κ3) is 2.54. The molecule has 0 amide bonds. The van der Waals surface area contributed by atoms with Crippen LogP contribution in [0.15, 0.2) is 33.1 Å². The number of aryl methyl sites for hydroxylation is 2. The molecule has 0 saturated heterocycles. The van der Waals surface area contributed by atoms with Crippen molar-refractivity contribution in [1.29, 1.82) is 0 Å². The molecule has 0 aliphatic carbocycles. The van der Waals surface area contributed by atoms with E-state index in [1.165, 1.54) is 24.3 Å². The van der Waals surface area contributed by atoms with Crippen LogP contribution in [0.4, 0.5) is 11.8 Å². The highest BCUT2D eigenvalue weighted by Gasteiger charge is 2.14. The fraction of sp³-hybridized carbons (Fsp3) is 0.200. The van der Waals surface area contributed by atoms with Crippen molar-refractivity contribution in [2.45, 2.75) is 12.8 Å². The molecule has 0 atom stereocenters. The van der Waals surface area contributed by atoms with Gasteiger partial charge in [0.2, 0.25) is 0 Å². The minimum atomic E-state index is -0.624. The van der Waals surface area contributed by atoms with E-state index in [1.54, 1.807) is 0 Å². The molecule has 0 aromatic carbocycles. The molecule has 8 heteroatoms. The van der Waals surface area contributed by atoms with Gasteiger partial charge >= 0.3 is 11.8 Å². The van der Waals surface area contributed by atoms with E-state index in [0.29, 0.717) is 24.4 Å². The summed E-state index contributed by atoms with van der Waals surface area (Å²) in [6.07, 6.45) is 0.747. The standard InChI is InChI=1S/C10H8N2O6/c13-11(14)9-5-3-7(17-9)1-2-8-4-6-10(18-8)12(15)16/h3-6H,1-2H2. The van der Waals surface area contributed by atoms with Crippen LogP contribution < -0.4 is 0 Å². The first-order valence-corrected chi connectivity index (χ1v) is 5.02. The molecule has 0 fully saturated rings. The van der Waals surface area contributed by atoms with Crippen LogP contribution in [0.2, 0.25) is 0 Å². The van der Waals surface area contributed by atoms with E-state index in [4.69, 9.17) is 8.83 Å². The van der Waals surface area contributed by atoms with Crippen molar-refractivity contribution in [3.8, 4) is 0 Å². The van der Waals surface area contributed by atoms with Crippen LogP contribution in [0.25, 0.3) is 0 Å². The Morgan fingerprint density at radius 2 is 1.22 bits per heavy atom. The lowest BCUT2D eigenvalue weighted by Gasteiger charge is -1.92. The summed E-state index contributed by atoms with van der Waals surface area (Å²) in [5.41, 5.74) is 0. The predicted molar refractivity (Wildman–Crippen MR) is 58.1 cm³/mol. The van der Waals surface area contributed by atoms with Gasteiger partial charge in [-0.05, 0) is 12.1 Å². The second kappa shape index (κ2) is 4.70. The summed E-state index contributed by atoms with van der Waals surface area (Å²) in [6.45, 7) is 0. The van der Waals surface area contributed by atoms with Gasteiger partial charge in [-0.15, -0.1) is 0 Å². The van der Waals surface area contributed by atoms with Crippen molar-refractivity contribution in [1.82, 2.24) is 0 Å². The molecule has 94 valence electrons. The fourth-order valence-corrected chi connectivity index (χ4v) is 1.44. The Morgan fingerprint density at radius 1 is 0.833 bits per heavy atom. The van der Waals surface area contributed by atoms with E-state index >= 15 is 0 Å². The van der Waals surface area contributed by atoms with Gasteiger partial charge in [0.1, 0.15) is 21.4 Å². The van der Waals surface area contributed by atoms with Crippen molar-refractivity contribution in [2.24, 2.45) is 0 Å². The number of furan rings is 2. The van der Waals surface area contributed by atoms with Gasteiger partial charge in [-0.3, -0.25) is 20.2 Å². The van der Waals surface area contributed by atoms with Crippen LogP contribution in [0.1, 0.15) is 11.5 Å². The minimum absolute atomic E-state index is 0.324. The Kier molecular flexibility index (Phi) is 3.09. The normalized spacial score (nSPS) is 10.4. The number of nitrogens with zero attached hydrogens (tertiary/aromatic N) is 2. The number of hydrogen-bond acceptors (Lipinski definition) is 6. The maximum absolute atomic E-state index is 10.4. The summed E-state index contributed by atoms with van der Waals surface area (Å²) < 4.78 is 9.89. The summed E-state index contributed by atoms with van der Waals surface area (Å²) in [6, 6.07) is 5.52. The first-order chi connectivity index (χ1) is 8.56. The molecule has 0 radical (unpaired) electrons. The predicted octanol–water partition coefficient (Wildman–Crippen LogP) is 2.47. The largest absolute Gasteiger partial charge is 0.433 e. The van der Waals surface area contributed by atoms with E-state index in [2.05, 4.69) is 0 Å². The van der Waals surface area contributed by atoms with Crippen LogP contribution in [-0.2, 0) is 12.8 Å². The van der Waals surface area contributed by atoms with E-state index in [9.17, 15) is 20.2 Å². The zero-order valence-electron chi connectivity index (χ0n) is 9.07. The van der Waals surface area contributed by atoms with Gasteiger partial charge in [0.05, 0.1) is 12.1 Å². The molecular weight excluding hydrogens is 244 g/mol. The fourth-order valence-electron chi connectivity index (χ4n) is 1.44. The lowest BCUT2D eigenvalue weighted by Crippen LogP contribution is -1.88. The second-order valence-electron chi connectivity index (χ2n) is 3.49. The van der Waals surface area contributed by atoms with E-state index < -0.39 is 9.85 Å². The number of rotatable bonds is 5. The third-order valence-electron chi connectivity index (χ3n) is 2.27. The lowest BCUT2D eigenvalue weighted by molar-refractivity contribution is -0.402. The molecule has 8 nitrogen and oxygen atoms in total. The van der Waals surface area contributed by atoms with Gasteiger partial charge in [-0.25, -0.2) is 0 Å². The maximum Gasteiger partial charge on any atom is 0.433 e. The Hall–Kier alpha value is -2.64. The van der Waals surface area contributed by atoms with Gasteiger partial charge in [-0.2, -0.15) is 0 Å². The zero-order chi connectivity index (χ0) is 13.1. The number of nitro groups is 2. The van der Waals surface area contributed by atoms with E-state index in [-0.39, 0.29) is 11.8 Å². The van der Waals surface area contributed by atoms with Crippen molar-refractivity contribution in [3.63, 3.8) is 0 Å². The molecule has 0 spiro atoms. The Labute approximate surface area is 100 Å². The van der Waals surface area contributed by atoms with Gasteiger partial charge in [0.15, 0.2) is 0 Å². The Bertz CT molecular complexity index is 532. The van der Waals surface area contributed by atoms with Crippen molar-refractivity contribution >= 4 is 11.8 Å². The van der Waals surface area contributed by atoms with Crippen LogP contribution in [0.5, 0.6) is 0 Å². The van der Waals surface area contributed by atoms with Crippen LogP contribution in [0, 0.1) is 20.2 Å². The summed E-state index contributed by atoms with van der Waals surface area (Å²) in [5.74, 6) is 0.215. The lowest BCUT2D eigenvalue weighted by atomic mass is 10.2. The molecule has 18 heavy (non-hydrogen) atoms. The smallest absolute Gasteiger partial charge is 0.406 e. The molecule has 0 N–H and O–H groups in total. The van der Waals surface area contributed by atoms with Gasteiger partial charge in [0, 0.05) is 12.8 Å². The molecule has 2 aromatic rings. The van der Waals surface area contributed by atoms with Crippen molar-refractivity contribution in [3.05, 3.63) is 56.0 Å². The second-order valence-corrected chi connectivity index (χ2v) is 3.49. The molecule has 0 bridgehead atoms. The van der Waals surface area contributed by atoms with Gasteiger partial charge in [-0.1, -0.05) is 0 Å². The monoisotopic (exact) mass is 252 g/mol. The first kappa shape index (κ1) is 11.8. The molecule has 0 aliphatic rings. The van der Waals surface area contributed by atoms with Crippen LogP contribution >= 0.6 is 0 Å². The summed E-state index contributed by atoms with van der Waals surface area (Å²) in [5, 5.41) is 20.8. The van der Waals surface area contributed by atoms with Gasteiger partial charge in [0.25, 0.3) is 0 Å². The van der Waals surface area contributed by atoms with Crippen LogP contribution in [0.3, 0.4) is 0 Å². The van der Waals surface area contributed by atoms with E-state index in [1.807, 2.05) is 0 Å². The Balaban J connectivity index is 1.97. The maximum atomic E-state index is 10.4. The SMILES string of the molecule is O=[N+]([O-])c1ccc(CCc2ccc([N+](=O)[O-])o2)o1. The summed E-state index contributed by atoms with van der Waals surface area (Å²) in [4.78, 5) is 19.5. The van der Waals surface area contributed by atoms with Crippen molar-refractivity contribution in [2.75, 3.05) is 0 Å². The topological polar surface area (TPSA) is 113 Å². The summed E-state index contributed by atoms with van der Waals surface area (Å²) >= 11 is 0. The van der Waals surface area contributed by atoms with Gasteiger partial charge < -0.3 is 8.83 Å². The van der Waals surface area contributed by atoms with Crippen LogP contribution in [-0.4, -0.2) is 9.85 Å². The summed E-state index contributed by atoms with van der Waals surface area (Å²) in [7, 11) is 0. The molecule has 2 heterocycles. The van der Waals surface area contributed by atoms with E-state index in [0.717, 1.165) is 0 Å². The molecular formula is C10H8N2O6. The molecule has 0 aliphatic heterocycles. The highest BCUT2D eigenvalue weighted by molar-refractivity contribution is 5.20. The Morgan fingerprint density at radius 3 is 1.50 bits per heavy atom. The van der Waals surface area contributed by atoms with Crippen molar-refractivity contribution < 1.29 is 18.7 Å². The minimum Gasteiger partial charge on any atom is -0.406 e. The molecule has 2 rings (SSSR count). The zero-order valence-corrected chi connectivity index (χ0v) is 9.07. The highest BCUT2D eigenvalue weighted by atomic mass is 16.7. The number of hydrogen-bond donors (Lipinski definition) is 0. The first-order valence-electron chi connectivity index (χ1n) is 5.02. The average molecular weight is 252 g/mol.